The summed E-state index contributed by atoms with van der Waals surface area (Å²) in [7, 11) is 1.57. The summed E-state index contributed by atoms with van der Waals surface area (Å²) in [6.45, 7) is 0. The minimum atomic E-state index is -0.221. The maximum absolute atomic E-state index is 12.2. The van der Waals surface area contributed by atoms with Gasteiger partial charge in [-0.1, -0.05) is 23.5 Å². The van der Waals surface area contributed by atoms with Crippen LogP contribution in [-0.4, -0.2) is 23.0 Å². The lowest BCUT2D eigenvalue weighted by Gasteiger charge is -2.04. The van der Waals surface area contributed by atoms with Gasteiger partial charge in [0.2, 0.25) is 0 Å². The van der Waals surface area contributed by atoms with E-state index in [2.05, 4.69) is 15.3 Å². The highest BCUT2D eigenvalue weighted by atomic mass is 32.1. The molecule has 0 radical (unpaired) electrons. The SMILES string of the molecule is COc1cccc(C(=O)Nc2ncc(-c3ccccn3)s2)c1. The van der Waals surface area contributed by atoms with E-state index in [1.807, 2.05) is 18.2 Å². The Bertz CT molecular complexity index is 787. The van der Waals surface area contributed by atoms with E-state index < -0.39 is 0 Å². The van der Waals surface area contributed by atoms with Gasteiger partial charge in [0.15, 0.2) is 5.13 Å². The molecule has 110 valence electrons. The Morgan fingerprint density at radius 2 is 2.09 bits per heavy atom. The van der Waals surface area contributed by atoms with E-state index in [4.69, 9.17) is 4.74 Å². The summed E-state index contributed by atoms with van der Waals surface area (Å²) in [6, 6.07) is 12.6. The first kappa shape index (κ1) is 14.2. The second kappa shape index (κ2) is 6.36. The van der Waals surface area contributed by atoms with Crippen LogP contribution >= 0.6 is 11.3 Å². The van der Waals surface area contributed by atoms with Crippen molar-refractivity contribution in [2.24, 2.45) is 0 Å². The van der Waals surface area contributed by atoms with E-state index in [9.17, 15) is 4.79 Å². The molecular formula is C16H13N3O2S. The summed E-state index contributed by atoms with van der Waals surface area (Å²) in [5.41, 5.74) is 1.36. The van der Waals surface area contributed by atoms with Gasteiger partial charge in [0, 0.05) is 18.0 Å². The molecule has 0 fully saturated rings. The second-order valence-corrected chi connectivity index (χ2v) is 5.46. The van der Waals surface area contributed by atoms with Crippen molar-refractivity contribution in [3.63, 3.8) is 0 Å². The number of carbonyl (C=O) groups is 1. The van der Waals surface area contributed by atoms with Gasteiger partial charge >= 0.3 is 0 Å². The molecule has 2 heterocycles. The molecule has 3 rings (SSSR count). The fourth-order valence-electron chi connectivity index (χ4n) is 1.89. The van der Waals surface area contributed by atoms with Crippen molar-refractivity contribution in [3.05, 3.63) is 60.4 Å². The van der Waals surface area contributed by atoms with Crippen molar-refractivity contribution in [2.45, 2.75) is 0 Å². The van der Waals surface area contributed by atoms with E-state index >= 15 is 0 Å². The van der Waals surface area contributed by atoms with Crippen LogP contribution in [0.15, 0.2) is 54.9 Å². The predicted octanol–water partition coefficient (Wildman–Crippen LogP) is 3.47. The maximum Gasteiger partial charge on any atom is 0.257 e. The fourth-order valence-corrected chi connectivity index (χ4v) is 2.68. The van der Waals surface area contributed by atoms with Crippen LogP contribution < -0.4 is 10.1 Å². The molecule has 0 saturated heterocycles. The number of carbonyl (C=O) groups excluding carboxylic acids is 1. The van der Waals surface area contributed by atoms with Gasteiger partial charge in [-0.05, 0) is 30.3 Å². The third kappa shape index (κ3) is 3.12. The molecule has 3 aromatic rings. The molecule has 0 unspecified atom stereocenters. The topological polar surface area (TPSA) is 64.1 Å². The Morgan fingerprint density at radius 3 is 2.86 bits per heavy atom. The number of anilines is 1. The summed E-state index contributed by atoms with van der Waals surface area (Å²) in [5.74, 6) is 0.418. The lowest BCUT2D eigenvalue weighted by Crippen LogP contribution is -2.11. The van der Waals surface area contributed by atoms with Crippen molar-refractivity contribution < 1.29 is 9.53 Å². The normalized spacial score (nSPS) is 10.2. The van der Waals surface area contributed by atoms with Crippen molar-refractivity contribution in [3.8, 4) is 16.3 Å². The summed E-state index contributed by atoms with van der Waals surface area (Å²) in [4.78, 5) is 21.6. The molecular weight excluding hydrogens is 298 g/mol. The molecule has 0 saturated carbocycles. The molecule has 0 aliphatic carbocycles. The van der Waals surface area contributed by atoms with Gasteiger partial charge in [-0.15, -0.1) is 0 Å². The zero-order valence-corrected chi connectivity index (χ0v) is 12.6. The summed E-state index contributed by atoms with van der Waals surface area (Å²) >= 11 is 1.38. The Hall–Kier alpha value is -2.73. The Balaban J connectivity index is 1.76. The maximum atomic E-state index is 12.2. The summed E-state index contributed by atoms with van der Waals surface area (Å²) in [6.07, 6.45) is 3.43. The first-order chi connectivity index (χ1) is 10.8. The van der Waals surface area contributed by atoms with Gasteiger partial charge in [0.1, 0.15) is 5.75 Å². The van der Waals surface area contributed by atoms with Crippen LogP contribution in [0.1, 0.15) is 10.4 Å². The number of nitrogens with one attached hydrogen (secondary N) is 1. The summed E-state index contributed by atoms with van der Waals surface area (Å²) < 4.78 is 5.12. The van der Waals surface area contributed by atoms with Crippen LogP contribution in [0.2, 0.25) is 0 Å². The number of nitrogens with zero attached hydrogens (tertiary/aromatic N) is 2. The van der Waals surface area contributed by atoms with Crippen LogP contribution in [0.4, 0.5) is 5.13 Å². The molecule has 1 amide bonds. The number of ether oxygens (including phenoxy) is 1. The highest BCUT2D eigenvalue weighted by Gasteiger charge is 2.11. The minimum absolute atomic E-state index is 0.221. The number of thiazole rings is 1. The highest BCUT2D eigenvalue weighted by molar-refractivity contribution is 7.19. The zero-order chi connectivity index (χ0) is 15.4. The van der Waals surface area contributed by atoms with Crippen LogP contribution in [0, 0.1) is 0 Å². The molecule has 1 N–H and O–H groups in total. The molecule has 6 heteroatoms. The van der Waals surface area contributed by atoms with Gasteiger partial charge in [-0.3, -0.25) is 15.1 Å². The molecule has 0 aliphatic rings. The monoisotopic (exact) mass is 311 g/mol. The molecule has 1 aromatic carbocycles. The Labute approximate surface area is 131 Å². The van der Waals surface area contributed by atoms with Crippen molar-refractivity contribution in [2.75, 3.05) is 12.4 Å². The third-order valence-corrected chi connectivity index (χ3v) is 3.91. The Kier molecular flexibility index (Phi) is 4.11. The van der Waals surface area contributed by atoms with Gasteiger partial charge < -0.3 is 4.74 Å². The van der Waals surface area contributed by atoms with E-state index in [-0.39, 0.29) is 5.91 Å². The first-order valence-electron chi connectivity index (χ1n) is 6.59. The van der Waals surface area contributed by atoms with Crippen LogP contribution in [0.25, 0.3) is 10.6 Å². The van der Waals surface area contributed by atoms with Crippen molar-refractivity contribution in [1.29, 1.82) is 0 Å². The predicted molar refractivity (Wildman–Crippen MR) is 86.3 cm³/mol. The van der Waals surface area contributed by atoms with Crippen LogP contribution in [-0.2, 0) is 0 Å². The second-order valence-electron chi connectivity index (χ2n) is 4.43. The van der Waals surface area contributed by atoms with E-state index in [0.29, 0.717) is 16.4 Å². The average Bonchev–Trinajstić information content (AvgIpc) is 3.04. The highest BCUT2D eigenvalue weighted by Crippen LogP contribution is 2.27. The van der Waals surface area contributed by atoms with Crippen molar-refractivity contribution in [1.82, 2.24) is 9.97 Å². The van der Waals surface area contributed by atoms with Crippen LogP contribution in [0.3, 0.4) is 0 Å². The Morgan fingerprint density at radius 1 is 1.18 bits per heavy atom. The number of aromatic nitrogens is 2. The van der Waals surface area contributed by atoms with Crippen LogP contribution in [0.5, 0.6) is 5.75 Å². The van der Waals surface area contributed by atoms with Crippen molar-refractivity contribution >= 4 is 22.4 Å². The smallest absolute Gasteiger partial charge is 0.257 e. The lowest BCUT2D eigenvalue weighted by atomic mass is 10.2. The van der Waals surface area contributed by atoms with Gasteiger partial charge in [0.25, 0.3) is 5.91 Å². The largest absolute Gasteiger partial charge is 0.497 e. The lowest BCUT2D eigenvalue weighted by molar-refractivity contribution is 0.102. The van der Waals surface area contributed by atoms with E-state index in [1.54, 1.807) is 43.8 Å². The number of benzene rings is 1. The molecule has 5 nitrogen and oxygen atoms in total. The molecule has 0 spiro atoms. The van der Waals surface area contributed by atoms with Gasteiger partial charge in [0.05, 0.1) is 17.7 Å². The number of methoxy groups -OCH3 is 1. The fraction of sp³-hybridized carbons (Fsp3) is 0.0625. The number of rotatable bonds is 4. The van der Waals surface area contributed by atoms with Gasteiger partial charge in [-0.2, -0.15) is 0 Å². The molecule has 22 heavy (non-hydrogen) atoms. The minimum Gasteiger partial charge on any atom is -0.497 e. The molecule has 2 aromatic heterocycles. The molecule has 0 aliphatic heterocycles. The number of hydrogen-bond donors (Lipinski definition) is 1. The average molecular weight is 311 g/mol. The third-order valence-electron chi connectivity index (χ3n) is 2.98. The molecule has 0 atom stereocenters. The number of pyridine rings is 1. The van der Waals surface area contributed by atoms with E-state index in [0.717, 1.165) is 10.6 Å². The quantitative estimate of drug-likeness (QED) is 0.801. The number of hydrogen-bond acceptors (Lipinski definition) is 5. The molecule has 0 bridgehead atoms. The first-order valence-corrected chi connectivity index (χ1v) is 7.40. The zero-order valence-electron chi connectivity index (χ0n) is 11.8. The van der Waals surface area contributed by atoms with Gasteiger partial charge in [-0.25, -0.2) is 4.98 Å². The summed E-state index contributed by atoms with van der Waals surface area (Å²) in [5, 5.41) is 3.32. The standard InChI is InChI=1S/C16H13N3O2S/c1-21-12-6-4-5-11(9-12)15(20)19-16-18-10-14(22-16)13-7-2-3-8-17-13/h2-10H,1H3,(H,18,19,20). The van der Waals surface area contributed by atoms with E-state index in [1.165, 1.54) is 11.3 Å². The number of amides is 1.